The van der Waals surface area contributed by atoms with E-state index in [2.05, 4.69) is 19.2 Å². The van der Waals surface area contributed by atoms with Gasteiger partial charge in [-0.25, -0.2) is 0 Å². The molecule has 0 unspecified atom stereocenters. The highest BCUT2D eigenvalue weighted by molar-refractivity contribution is 5.80. The maximum absolute atomic E-state index is 12.0. The summed E-state index contributed by atoms with van der Waals surface area (Å²) in [5.41, 5.74) is 0.463. The summed E-state index contributed by atoms with van der Waals surface area (Å²) >= 11 is 0. The van der Waals surface area contributed by atoms with Gasteiger partial charge in [0.2, 0.25) is 0 Å². The lowest BCUT2D eigenvalue weighted by atomic mass is 9.78. The van der Waals surface area contributed by atoms with Crippen LogP contribution in [0.25, 0.3) is 0 Å². The van der Waals surface area contributed by atoms with Gasteiger partial charge in [0.1, 0.15) is 5.75 Å². The van der Waals surface area contributed by atoms with E-state index in [1.54, 1.807) is 24.3 Å². The topological polar surface area (TPSA) is 55.4 Å². The number of ether oxygens (including phenoxy) is 1. The van der Waals surface area contributed by atoms with Crippen LogP contribution in [-0.4, -0.2) is 24.8 Å². The van der Waals surface area contributed by atoms with Crippen molar-refractivity contribution in [2.45, 2.75) is 39.2 Å². The molecule has 3 atom stereocenters. The Morgan fingerprint density at radius 2 is 2.10 bits per heavy atom. The highest BCUT2D eigenvalue weighted by atomic mass is 16.5. The predicted octanol–water partition coefficient (Wildman–Crippen LogP) is 2.82. The van der Waals surface area contributed by atoms with Crippen molar-refractivity contribution in [3.05, 3.63) is 29.8 Å². The maximum Gasteiger partial charge on any atom is 0.258 e. The van der Waals surface area contributed by atoms with Crippen molar-refractivity contribution in [1.82, 2.24) is 5.32 Å². The van der Waals surface area contributed by atoms with E-state index >= 15 is 0 Å². The van der Waals surface area contributed by atoms with Crippen LogP contribution >= 0.6 is 0 Å². The van der Waals surface area contributed by atoms with Crippen LogP contribution in [0.1, 0.15) is 43.5 Å². The summed E-state index contributed by atoms with van der Waals surface area (Å²) in [5, 5.41) is 3.05. The molecule has 0 spiro atoms. The van der Waals surface area contributed by atoms with Crippen molar-refractivity contribution in [3.8, 4) is 5.75 Å². The molecule has 1 aromatic carbocycles. The number of amides is 1. The third-order valence-corrected chi connectivity index (χ3v) is 4.46. The lowest BCUT2D eigenvalue weighted by Gasteiger charge is -2.34. The van der Waals surface area contributed by atoms with Gasteiger partial charge in [-0.1, -0.05) is 38.8 Å². The fraction of sp³-hybridized carbons (Fsp3) is 0.529. The number of carbonyl (C=O) groups is 2. The molecule has 0 aromatic heterocycles. The second-order valence-corrected chi connectivity index (χ2v) is 5.89. The monoisotopic (exact) mass is 289 g/mol. The Morgan fingerprint density at radius 1 is 1.33 bits per heavy atom. The first-order chi connectivity index (χ1) is 10.1. The average molecular weight is 289 g/mol. The van der Waals surface area contributed by atoms with Crippen LogP contribution in [0, 0.1) is 11.8 Å². The van der Waals surface area contributed by atoms with Gasteiger partial charge < -0.3 is 10.1 Å². The number of nitrogens with one attached hydrogen (secondary N) is 1. The van der Waals surface area contributed by atoms with E-state index in [0.717, 1.165) is 19.1 Å². The van der Waals surface area contributed by atoms with E-state index in [0.29, 0.717) is 23.1 Å². The van der Waals surface area contributed by atoms with E-state index < -0.39 is 0 Å². The molecule has 0 saturated heterocycles. The average Bonchev–Trinajstić information content (AvgIpc) is 2.50. The van der Waals surface area contributed by atoms with Gasteiger partial charge >= 0.3 is 0 Å². The fourth-order valence-corrected chi connectivity index (χ4v) is 2.89. The number of benzene rings is 1. The molecule has 1 amide bonds. The van der Waals surface area contributed by atoms with E-state index in [-0.39, 0.29) is 18.6 Å². The van der Waals surface area contributed by atoms with E-state index in [1.807, 2.05) is 0 Å². The highest BCUT2D eigenvalue weighted by Crippen LogP contribution is 2.29. The molecule has 0 bridgehead atoms. The van der Waals surface area contributed by atoms with E-state index in [1.165, 1.54) is 6.42 Å². The lowest BCUT2D eigenvalue weighted by Crippen LogP contribution is -2.45. The molecule has 1 fully saturated rings. The van der Waals surface area contributed by atoms with Crippen molar-refractivity contribution >= 4 is 12.2 Å². The molecule has 0 aliphatic heterocycles. The molecule has 0 heterocycles. The molecule has 1 N–H and O–H groups in total. The van der Waals surface area contributed by atoms with Gasteiger partial charge in [-0.15, -0.1) is 0 Å². The zero-order valence-electron chi connectivity index (χ0n) is 12.7. The molecule has 1 aromatic rings. The summed E-state index contributed by atoms with van der Waals surface area (Å²) in [7, 11) is 0. The first kappa shape index (κ1) is 15.5. The number of carbonyl (C=O) groups excluding carboxylic acids is 2. The van der Waals surface area contributed by atoms with Crippen molar-refractivity contribution in [3.63, 3.8) is 0 Å². The third-order valence-electron chi connectivity index (χ3n) is 4.46. The Labute approximate surface area is 125 Å². The molecule has 4 heteroatoms. The summed E-state index contributed by atoms with van der Waals surface area (Å²) in [6, 6.07) is 7.14. The molecule has 4 nitrogen and oxygen atoms in total. The number of aldehydes is 1. The maximum atomic E-state index is 12.0. The van der Waals surface area contributed by atoms with Gasteiger partial charge in [0.25, 0.3) is 5.91 Å². The van der Waals surface area contributed by atoms with E-state index in [9.17, 15) is 9.59 Å². The van der Waals surface area contributed by atoms with Crippen LogP contribution in [0.3, 0.4) is 0 Å². The fourth-order valence-electron chi connectivity index (χ4n) is 2.89. The van der Waals surface area contributed by atoms with Gasteiger partial charge in [0.15, 0.2) is 12.9 Å². The Balaban J connectivity index is 1.86. The summed E-state index contributed by atoms with van der Waals surface area (Å²) in [6.07, 6.45) is 4.16. The zero-order valence-corrected chi connectivity index (χ0v) is 12.7. The van der Waals surface area contributed by atoms with Crippen LogP contribution in [0.4, 0.5) is 0 Å². The Bertz CT molecular complexity index is 501. The van der Waals surface area contributed by atoms with E-state index in [4.69, 9.17) is 4.74 Å². The summed E-state index contributed by atoms with van der Waals surface area (Å²) < 4.78 is 5.45. The second kappa shape index (κ2) is 7.25. The van der Waals surface area contributed by atoms with Crippen LogP contribution in [0.15, 0.2) is 24.3 Å². The quantitative estimate of drug-likeness (QED) is 0.848. The number of hydrogen-bond donors (Lipinski definition) is 1. The second-order valence-electron chi connectivity index (χ2n) is 5.89. The molecular formula is C17H23NO3. The van der Waals surface area contributed by atoms with Crippen molar-refractivity contribution in [2.24, 2.45) is 11.8 Å². The largest absolute Gasteiger partial charge is 0.483 e. The van der Waals surface area contributed by atoms with Gasteiger partial charge in [0.05, 0.1) is 5.56 Å². The molecule has 1 saturated carbocycles. The molecular weight excluding hydrogens is 266 g/mol. The van der Waals surface area contributed by atoms with Crippen molar-refractivity contribution in [2.75, 3.05) is 6.61 Å². The third kappa shape index (κ3) is 4.06. The lowest BCUT2D eigenvalue weighted by molar-refractivity contribution is -0.124. The smallest absolute Gasteiger partial charge is 0.258 e. The molecule has 0 radical (unpaired) electrons. The van der Waals surface area contributed by atoms with Crippen LogP contribution < -0.4 is 10.1 Å². The highest BCUT2D eigenvalue weighted by Gasteiger charge is 2.28. The SMILES string of the molecule is C[C@@H]1[C@@H](C)CCC[C@H]1NC(=O)COc1ccccc1C=O. The first-order valence-corrected chi connectivity index (χ1v) is 7.58. The minimum Gasteiger partial charge on any atom is -0.483 e. The summed E-state index contributed by atoms with van der Waals surface area (Å²) in [6.45, 7) is 4.37. The summed E-state index contributed by atoms with van der Waals surface area (Å²) in [4.78, 5) is 22.9. The van der Waals surface area contributed by atoms with Gasteiger partial charge in [-0.2, -0.15) is 0 Å². The van der Waals surface area contributed by atoms with Gasteiger partial charge in [-0.05, 0) is 30.4 Å². The van der Waals surface area contributed by atoms with Crippen LogP contribution in [0.5, 0.6) is 5.75 Å². The minimum atomic E-state index is -0.123. The van der Waals surface area contributed by atoms with Crippen molar-refractivity contribution in [1.29, 1.82) is 0 Å². The van der Waals surface area contributed by atoms with Gasteiger partial charge in [-0.3, -0.25) is 9.59 Å². The Morgan fingerprint density at radius 3 is 2.86 bits per heavy atom. The standard InChI is InChI=1S/C17H23NO3/c1-12-6-5-8-15(13(12)2)18-17(20)11-21-16-9-4-3-7-14(16)10-19/h3-4,7,9-10,12-13,15H,5-6,8,11H2,1-2H3,(H,18,20)/t12-,13+,15+/m0/s1. The zero-order chi connectivity index (χ0) is 15.2. The molecule has 114 valence electrons. The number of para-hydroxylation sites is 1. The predicted molar refractivity (Wildman–Crippen MR) is 81.4 cm³/mol. The first-order valence-electron chi connectivity index (χ1n) is 7.58. The molecule has 2 rings (SSSR count). The number of rotatable bonds is 5. The Hall–Kier alpha value is -1.84. The van der Waals surface area contributed by atoms with Gasteiger partial charge in [0, 0.05) is 6.04 Å². The molecule has 1 aliphatic rings. The number of hydrogen-bond acceptors (Lipinski definition) is 3. The normalized spacial score (nSPS) is 25.1. The van der Waals surface area contributed by atoms with Crippen LogP contribution in [-0.2, 0) is 4.79 Å². The summed E-state index contributed by atoms with van der Waals surface area (Å²) in [5.74, 6) is 1.46. The molecule has 1 aliphatic carbocycles. The van der Waals surface area contributed by atoms with Crippen molar-refractivity contribution < 1.29 is 14.3 Å². The molecule has 21 heavy (non-hydrogen) atoms. The Kier molecular flexibility index (Phi) is 5.37. The van der Waals surface area contributed by atoms with Crippen LogP contribution in [0.2, 0.25) is 0 Å². The minimum absolute atomic E-state index is 0.0531.